The Morgan fingerprint density at radius 2 is 1.57 bits per heavy atom. The van der Waals surface area contributed by atoms with Crippen molar-refractivity contribution in [1.29, 1.82) is 0 Å². The second-order valence-corrected chi connectivity index (χ2v) is 5.80. The Bertz CT molecular complexity index is 567. The molecule has 1 aromatic carbocycles. The van der Waals surface area contributed by atoms with E-state index in [1.807, 2.05) is 0 Å². The molecular weight excluding hydrogens is 270 g/mol. The van der Waals surface area contributed by atoms with Crippen LogP contribution in [0.1, 0.15) is 52.8 Å². The number of hydrogen-bond donors (Lipinski definition) is 1. The molecule has 0 radical (unpaired) electrons. The lowest BCUT2D eigenvalue weighted by Gasteiger charge is -2.32. The number of aliphatic carboxylic acids is 1. The van der Waals surface area contributed by atoms with Gasteiger partial charge in [-0.2, -0.15) is 0 Å². The Morgan fingerprint density at radius 1 is 1.05 bits per heavy atom. The van der Waals surface area contributed by atoms with Crippen molar-refractivity contribution in [1.82, 2.24) is 4.90 Å². The van der Waals surface area contributed by atoms with Crippen LogP contribution in [0.25, 0.3) is 0 Å². The van der Waals surface area contributed by atoms with Gasteiger partial charge in [0.1, 0.15) is 0 Å². The predicted octanol–water partition coefficient (Wildman–Crippen LogP) is 2.32. The summed E-state index contributed by atoms with van der Waals surface area (Å²) < 4.78 is 0. The third kappa shape index (κ3) is 2.44. The summed E-state index contributed by atoms with van der Waals surface area (Å²) in [6.45, 7) is 0. The summed E-state index contributed by atoms with van der Waals surface area (Å²) in [6.07, 6.45) is 3.08. The number of amides is 2. The lowest BCUT2D eigenvalue weighted by Crippen LogP contribution is -2.42. The van der Waals surface area contributed by atoms with Crippen molar-refractivity contribution in [2.24, 2.45) is 5.92 Å². The second kappa shape index (κ2) is 5.31. The van der Waals surface area contributed by atoms with Gasteiger partial charge in [0.25, 0.3) is 11.8 Å². The number of nitrogens with zero attached hydrogens (tertiary/aromatic N) is 1. The minimum absolute atomic E-state index is 0.0950. The molecule has 1 aliphatic heterocycles. The molecular formula is C16H17NO4. The third-order valence-corrected chi connectivity index (χ3v) is 4.47. The number of carboxylic acids is 1. The van der Waals surface area contributed by atoms with Gasteiger partial charge in [-0.05, 0) is 43.7 Å². The number of carbonyl (C=O) groups is 3. The molecule has 1 heterocycles. The van der Waals surface area contributed by atoms with E-state index >= 15 is 0 Å². The standard InChI is InChI=1S/C16H17NO4/c18-14(19)9-10-5-7-11(8-6-10)17-15(20)12-3-1-2-4-13(12)16(17)21/h1-4,10-11H,5-9H2,(H,18,19). The molecule has 1 aliphatic carbocycles. The molecule has 21 heavy (non-hydrogen) atoms. The second-order valence-electron chi connectivity index (χ2n) is 5.80. The van der Waals surface area contributed by atoms with Crippen molar-refractivity contribution < 1.29 is 19.5 Å². The summed E-state index contributed by atoms with van der Waals surface area (Å²) in [7, 11) is 0. The van der Waals surface area contributed by atoms with E-state index in [9.17, 15) is 14.4 Å². The van der Waals surface area contributed by atoms with E-state index in [0.717, 1.165) is 12.8 Å². The molecule has 110 valence electrons. The largest absolute Gasteiger partial charge is 0.481 e. The van der Waals surface area contributed by atoms with Crippen LogP contribution < -0.4 is 0 Å². The van der Waals surface area contributed by atoms with Crippen molar-refractivity contribution >= 4 is 17.8 Å². The van der Waals surface area contributed by atoms with Crippen LogP contribution in [0.2, 0.25) is 0 Å². The van der Waals surface area contributed by atoms with Crippen LogP contribution in [0, 0.1) is 5.92 Å². The molecule has 0 bridgehead atoms. The highest BCUT2D eigenvalue weighted by atomic mass is 16.4. The zero-order valence-electron chi connectivity index (χ0n) is 11.6. The zero-order valence-corrected chi connectivity index (χ0v) is 11.6. The van der Waals surface area contributed by atoms with Crippen molar-refractivity contribution in [3.8, 4) is 0 Å². The van der Waals surface area contributed by atoms with E-state index in [1.54, 1.807) is 24.3 Å². The van der Waals surface area contributed by atoms with Gasteiger partial charge in [-0.1, -0.05) is 12.1 Å². The molecule has 2 amide bonds. The molecule has 5 heteroatoms. The van der Waals surface area contributed by atoms with Crippen LogP contribution in [0.5, 0.6) is 0 Å². The van der Waals surface area contributed by atoms with E-state index < -0.39 is 5.97 Å². The van der Waals surface area contributed by atoms with E-state index in [0.29, 0.717) is 24.0 Å². The van der Waals surface area contributed by atoms with Crippen molar-refractivity contribution in [2.45, 2.75) is 38.1 Å². The molecule has 2 aliphatic rings. The van der Waals surface area contributed by atoms with Crippen LogP contribution in [0.3, 0.4) is 0 Å². The average molecular weight is 287 g/mol. The van der Waals surface area contributed by atoms with Crippen LogP contribution in [-0.4, -0.2) is 33.8 Å². The number of benzene rings is 1. The quantitative estimate of drug-likeness (QED) is 0.866. The maximum Gasteiger partial charge on any atom is 0.303 e. The summed E-state index contributed by atoms with van der Waals surface area (Å²) in [6, 6.07) is 6.80. The minimum Gasteiger partial charge on any atom is -0.481 e. The average Bonchev–Trinajstić information content (AvgIpc) is 2.72. The first-order chi connectivity index (χ1) is 10.1. The van der Waals surface area contributed by atoms with E-state index in [4.69, 9.17) is 5.11 Å². The smallest absolute Gasteiger partial charge is 0.303 e. The van der Waals surface area contributed by atoms with Gasteiger partial charge in [0.15, 0.2) is 0 Å². The number of carbonyl (C=O) groups excluding carboxylic acids is 2. The Balaban J connectivity index is 1.71. The Kier molecular flexibility index (Phi) is 3.49. The fourth-order valence-electron chi connectivity index (χ4n) is 3.39. The number of fused-ring (bicyclic) bond motifs is 1. The summed E-state index contributed by atoms with van der Waals surface area (Å²) in [5.74, 6) is -1.04. The highest BCUT2D eigenvalue weighted by Crippen LogP contribution is 2.34. The topological polar surface area (TPSA) is 74.7 Å². The molecule has 0 unspecified atom stereocenters. The highest BCUT2D eigenvalue weighted by Gasteiger charge is 2.40. The Labute approximate surface area is 122 Å². The van der Waals surface area contributed by atoms with Crippen LogP contribution in [-0.2, 0) is 4.79 Å². The predicted molar refractivity (Wildman–Crippen MR) is 74.9 cm³/mol. The van der Waals surface area contributed by atoms with E-state index in [2.05, 4.69) is 0 Å². The molecule has 5 nitrogen and oxygen atoms in total. The monoisotopic (exact) mass is 287 g/mol. The summed E-state index contributed by atoms with van der Waals surface area (Å²) in [5.41, 5.74) is 0.963. The first-order valence-corrected chi connectivity index (χ1v) is 7.26. The lowest BCUT2D eigenvalue weighted by molar-refractivity contribution is -0.138. The van der Waals surface area contributed by atoms with Crippen molar-refractivity contribution in [3.05, 3.63) is 35.4 Å². The number of imide groups is 1. The normalized spacial score (nSPS) is 25.0. The maximum atomic E-state index is 12.4. The van der Waals surface area contributed by atoms with Crippen LogP contribution >= 0.6 is 0 Å². The summed E-state index contributed by atoms with van der Waals surface area (Å²) in [4.78, 5) is 36.9. The van der Waals surface area contributed by atoms with Gasteiger partial charge < -0.3 is 5.11 Å². The molecule has 0 spiro atoms. The third-order valence-electron chi connectivity index (χ3n) is 4.47. The number of carboxylic acid groups (broad SMARTS) is 1. The van der Waals surface area contributed by atoms with Gasteiger partial charge in [-0.25, -0.2) is 0 Å². The first kappa shape index (κ1) is 13.8. The molecule has 1 N–H and O–H groups in total. The molecule has 0 aromatic heterocycles. The maximum absolute atomic E-state index is 12.4. The summed E-state index contributed by atoms with van der Waals surface area (Å²) >= 11 is 0. The van der Waals surface area contributed by atoms with Crippen LogP contribution in [0.15, 0.2) is 24.3 Å². The van der Waals surface area contributed by atoms with Crippen molar-refractivity contribution in [3.63, 3.8) is 0 Å². The van der Waals surface area contributed by atoms with Gasteiger partial charge in [-0.3, -0.25) is 19.3 Å². The molecule has 1 aromatic rings. The minimum atomic E-state index is -0.779. The Morgan fingerprint density at radius 3 is 2.05 bits per heavy atom. The molecule has 0 atom stereocenters. The number of hydrogen-bond acceptors (Lipinski definition) is 3. The van der Waals surface area contributed by atoms with Gasteiger partial charge in [0, 0.05) is 12.5 Å². The molecule has 3 rings (SSSR count). The van der Waals surface area contributed by atoms with Gasteiger partial charge in [0.05, 0.1) is 11.1 Å². The zero-order chi connectivity index (χ0) is 15.0. The SMILES string of the molecule is O=C(O)CC1CCC(N2C(=O)c3ccccc3C2=O)CC1. The molecule has 1 saturated carbocycles. The van der Waals surface area contributed by atoms with Gasteiger partial charge in [0.2, 0.25) is 0 Å². The van der Waals surface area contributed by atoms with E-state index in [1.165, 1.54) is 4.90 Å². The van der Waals surface area contributed by atoms with Crippen LogP contribution in [0.4, 0.5) is 0 Å². The lowest BCUT2D eigenvalue weighted by atomic mass is 9.83. The first-order valence-electron chi connectivity index (χ1n) is 7.26. The van der Waals surface area contributed by atoms with Gasteiger partial charge >= 0.3 is 5.97 Å². The fraction of sp³-hybridized carbons (Fsp3) is 0.438. The summed E-state index contributed by atoms with van der Waals surface area (Å²) in [5, 5.41) is 8.83. The Hall–Kier alpha value is -2.17. The van der Waals surface area contributed by atoms with Gasteiger partial charge in [-0.15, -0.1) is 0 Å². The van der Waals surface area contributed by atoms with E-state index in [-0.39, 0.29) is 30.2 Å². The highest BCUT2D eigenvalue weighted by molar-refractivity contribution is 6.21. The van der Waals surface area contributed by atoms with Crippen molar-refractivity contribution in [2.75, 3.05) is 0 Å². The fourth-order valence-corrected chi connectivity index (χ4v) is 3.39. The molecule has 1 fully saturated rings. The number of rotatable bonds is 3. The molecule has 0 saturated heterocycles.